The van der Waals surface area contributed by atoms with Crippen LogP contribution in [-0.2, 0) is 9.59 Å². The lowest BCUT2D eigenvalue weighted by Crippen LogP contribution is -2.51. The Morgan fingerprint density at radius 1 is 0.951 bits per heavy atom. The quantitative estimate of drug-likeness (QED) is 0.527. The molecule has 220 valence electrons. The molecule has 10 atom stereocenters. The smallest absolute Gasteiger partial charge is 0.147 e. The molecule has 1 aromatic carbocycles. The normalized spacial score (nSPS) is 37.4. The van der Waals surface area contributed by atoms with Gasteiger partial charge in [-0.15, -0.1) is 0 Å². The summed E-state index contributed by atoms with van der Waals surface area (Å²) in [5.74, 6) is 3.47. The summed E-state index contributed by atoms with van der Waals surface area (Å²) < 4.78 is 0. The van der Waals surface area contributed by atoms with Crippen LogP contribution in [0.25, 0.3) is 0 Å². The molecule has 4 saturated heterocycles. The molecule has 3 N–H and O–H groups in total. The van der Waals surface area contributed by atoms with Gasteiger partial charge in [0.15, 0.2) is 0 Å². The zero-order chi connectivity index (χ0) is 29.0. The summed E-state index contributed by atoms with van der Waals surface area (Å²) >= 11 is 0. The Labute approximate surface area is 244 Å². The van der Waals surface area contributed by atoms with E-state index in [0.717, 1.165) is 24.7 Å². The number of carbonyl (C=O) groups excluding carboxylic acids is 2. The number of likely N-dealkylation sites (N-methyl/N-ethyl adjacent to an activating group) is 2. The monoisotopic (exact) mass is 558 g/mol. The molecule has 0 aliphatic carbocycles. The van der Waals surface area contributed by atoms with Crippen molar-refractivity contribution in [1.82, 2.24) is 25.4 Å². The number of Topliss-reactive ketones (excluding diaryl/α,β-unsaturated/α-hetero) is 2. The van der Waals surface area contributed by atoms with Crippen LogP contribution in [0.3, 0.4) is 0 Å². The minimum Gasteiger partial charge on any atom is -0.368 e. The van der Waals surface area contributed by atoms with Crippen LogP contribution in [-0.4, -0.2) is 84.0 Å². The summed E-state index contributed by atoms with van der Waals surface area (Å²) in [6.07, 6.45) is 5.52. The molecule has 5 aliphatic heterocycles. The number of rotatable bonds is 4. The first kappa shape index (κ1) is 28.5. The van der Waals surface area contributed by atoms with E-state index in [4.69, 9.17) is 0 Å². The third-order valence-corrected chi connectivity index (χ3v) is 10.7. The molecule has 0 bridgehead atoms. The number of carbonyl (C=O) groups is 2. The maximum atomic E-state index is 12.3. The number of benzene rings is 1. The van der Waals surface area contributed by atoms with Crippen LogP contribution in [0.15, 0.2) is 48.8 Å². The Morgan fingerprint density at radius 2 is 1.66 bits per heavy atom. The molecule has 5 aliphatic rings. The number of nitrogens with one attached hydrogen (secondary N) is 3. The van der Waals surface area contributed by atoms with E-state index in [1.54, 1.807) is 13.8 Å². The van der Waals surface area contributed by atoms with Crippen molar-refractivity contribution < 1.29 is 9.59 Å². The fourth-order valence-corrected chi connectivity index (χ4v) is 9.20. The van der Waals surface area contributed by atoms with E-state index in [-0.39, 0.29) is 35.9 Å². The number of likely N-dealkylation sites (tertiary alicyclic amines) is 2. The van der Waals surface area contributed by atoms with Crippen LogP contribution in [0.4, 0.5) is 5.69 Å². The number of hydrogen-bond donors (Lipinski definition) is 3. The molecule has 2 aromatic rings. The van der Waals surface area contributed by atoms with Crippen molar-refractivity contribution in [1.29, 1.82) is 0 Å². The van der Waals surface area contributed by atoms with Crippen LogP contribution in [0.5, 0.6) is 0 Å². The molecular formula is C33H46N6O2. The number of piperidine rings is 1. The van der Waals surface area contributed by atoms with Gasteiger partial charge >= 0.3 is 0 Å². The minimum atomic E-state index is -0.0915. The highest BCUT2D eigenvalue weighted by molar-refractivity contribution is 5.84. The standard InChI is InChI=1S/C18H19N3O.C15H27N3O/c1-11(22)17-15(12-6-4-3-5-7-12)16-13-8-9-19-10-14(13)20-18(16)21(17)2;1-8(2)12-13-10-5-6-16-7-11(10)17-15(13)18(4)14(12)9(3)19/h3-10,15-18,20H,1-2H3;8,10-17H,5-7H2,1-4H3. The molecule has 6 heterocycles. The average molecular weight is 559 g/mol. The van der Waals surface area contributed by atoms with E-state index in [0.29, 0.717) is 35.7 Å². The summed E-state index contributed by atoms with van der Waals surface area (Å²) in [7, 11) is 4.17. The first-order valence-electron chi connectivity index (χ1n) is 15.4. The number of ketones is 2. The molecule has 8 nitrogen and oxygen atoms in total. The van der Waals surface area contributed by atoms with Gasteiger partial charge in [0.1, 0.15) is 11.6 Å². The summed E-state index contributed by atoms with van der Waals surface area (Å²) in [4.78, 5) is 33.1. The van der Waals surface area contributed by atoms with Crippen LogP contribution in [0.1, 0.15) is 57.1 Å². The van der Waals surface area contributed by atoms with Gasteiger partial charge in [0, 0.05) is 30.6 Å². The van der Waals surface area contributed by atoms with Gasteiger partial charge in [-0.1, -0.05) is 44.2 Å². The zero-order valence-corrected chi connectivity index (χ0v) is 25.2. The van der Waals surface area contributed by atoms with Gasteiger partial charge in [-0.25, -0.2) is 0 Å². The van der Waals surface area contributed by atoms with Crippen molar-refractivity contribution in [3.63, 3.8) is 0 Å². The second-order valence-corrected chi connectivity index (χ2v) is 13.2. The Balaban J connectivity index is 0.000000149. The first-order chi connectivity index (χ1) is 19.7. The van der Waals surface area contributed by atoms with Gasteiger partial charge in [0.05, 0.1) is 36.3 Å². The molecule has 7 rings (SSSR count). The van der Waals surface area contributed by atoms with Crippen molar-refractivity contribution >= 4 is 17.3 Å². The third kappa shape index (κ3) is 4.73. The Bertz CT molecular complexity index is 1270. The predicted molar refractivity (Wildman–Crippen MR) is 162 cm³/mol. The molecule has 0 spiro atoms. The van der Waals surface area contributed by atoms with Crippen LogP contribution in [0.2, 0.25) is 0 Å². The van der Waals surface area contributed by atoms with E-state index < -0.39 is 0 Å². The van der Waals surface area contributed by atoms with Gasteiger partial charge in [0.2, 0.25) is 0 Å². The molecule has 10 unspecified atom stereocenters. The number of aromatic nitrogens is 1. The van der Waals surface area contributed by atoms with E-state index in [2.05, 4.69) is 82.0 Å². The number of nitrogens with zero attached hydrogens (tertiary/aromatic N) is 3. The van der Waals surface area contributed by atoms with Crippen molar-refractivity contribution in [2.75, 3.05) is 32.5 Å². The Kier molecular flexibility index (Phi) is 7.78. The average Bonchev–Trinajstić information content (AvgIpc) is 3.67. The van der Waals surface area contributed by atoms with Crippen LogP contribution >= 0.6 is 0 Å². The summed E-state index contributed by atoms with van der Waals surface area (Å²) in [6.45, 7) is 10.2. The van der Waals surface area contributed by atoms with E-state index in [1.165, 1.54) is 17.5 Å². The van der Waals surface area contributed by atoms with Crippen LogP contribution < -0.4 is 16.0 Å². The van der Waals surface area contributed by atoms with Crippen molar-refractivity contribution in [2.24, 2.45) is 23.7 Å². The second kappa shape index (κ2) is 11.2. The predicted octanol–water partition coefficient (Wildman–Crippen LogP) is 3.29. The van der Waals surface area contributed by atoms with Crippen molar-refractivity contribution in [3.8, 4) is 0 Å². The zero-order valence-electron chi connectivity index (χ0n) is 25.2. The summed E-state index contributed by atoms with van der Waals surface area (Å²) in [5, 5.41) is 10.8. The lowest BCUT2D eigenvalue weighted by atomic mass is 9.72. The molecular weight excluding hydrogens is 512 g/mol. The fourth-order valence-electron chi connectivity index (χ4n) is 9.20. The maximum Gasteiger partial charge on any atom is 0.147 e. The van der Waals surface area contributed by atoms with Gasteiger partial charge < -0.3 is 10.6 Å². The Morgan fingerprint density at radius 3 is 2.34 bits per heavy atom. The van der Waals surface area contributed by atoms with Gasteiger partial charge in [-0.2, -0.15) is 0 Å². The van der Waals surface area contributed by atoms with E-state index in [1.807, 2.05) is 25.5 Å². The molecule has 1 aromatic heterocycles. The second-order valence-electron chi connectivity index (χ2n) is 13.2. The van der Waals surface area contributed by atoms with Gasteiger partial charge in [0.25, 0.3) is 0 Å². The molecule has 0 saturated carbocycles. The summed E-state index contributed by atoms with van der Waals surface area (Å²) in [5.41, 5.74) is 3.59. The minimum absolute atomic E-state index is 0.0915. The van der Waals surface area contributed by atoms with Gasteiger partial charge in [-0.3, -0.25) is 29.7 Å². The summed E-state index contributed by atoms with van der Waals surface area (Å²) in [6, 6.07) is 13.1. The van der Waals surface area contributed by atoms with Gasteiger partial charge in [-0.05, 0) is 81.8 Å². The molecule has 8 heteroatoms. The number of pyridine rings is 1. The van der Waals surface area contributed by atoms with Crippen LogP contribution in [0, 0.1) is 23.7 Å². The number of fused-ring (bicyclic) bond motifs is 6. The lowest BCUT2D eigenvalue weighted by Gasteiger charge is -2.35. The topological polar surface area (TPSA) is 89.6 Å². The Hall–Kier alpha value is -2.65. The first-order valence-corrected chi connectivity index (χ1v) is 15.4. The highest BCUT2D eigenvalue weighted by atomic mass is 16.1. The molecule has 41 heavy (non-hydrogen) atoms. The van der Waals surface area contributed by atoms with E-state index in [9.17, 15) is 9.59 Å². The van der Waals surface area contributed by atoms with Crippen molar-refractivity contribution in [3.05, 3.63) is 59.9 Å². The fraction of sp³-hybridized carbons (Fsp3) is 0.606. The molecule has 0 amide bonds. The third-order valence-electron chi connectivity index (χ3n) is 10.7. The SMILES string of the molecule is CC(=O)C1C(C(C)C)C2C3CCNCC3NC2N1C.CC(=O)C1C(c2ccccc2)C2c3ccncc3NC2N1C. The van der Waals surface area contributed by atoms with Crippen molar-refractivity contribution in [2.45, 2.75) is 76.4 Å². The lowest BCUT2D eigenvalue weighted by molar-refractivity contribution is -0.123. The molecule has 4 fully saturated rings. The maximum absolute atomic E-state index is 12.3. The highest BCUT2D eigenvalue weighted by Crippen LogP contribution is 2.53. The number of anilines is 1. The van der Waals surface area contributed by atoms with E-state index >= 15 is 0 Å². The molecule has 0 radical (unpaired) electrons. The highest BCUT2D eigenvalue weighted by Gasteiger charge is 2.58. The largest absolute Gasteiger partial charge is 0.368 e. The number of hydrogen-bond acceptors (Lipinski definition) is 8.